The molecule has 138 valence electrons. The number of carbonyl (C=O) groups is 1. The fraction of sp³-hybridized carbons (Fsp3) is 0.870. The second kappa shape index (κ2) is 7.75. The minimum atomic E-state index is -0.0236. The summed E-state index contributed by atoms with van der Waals surface area (Å²) < 4.78 is 0. The zero-order chi connectivity index (χ0) is 18.0. The predicted octanol–water partition coefficient (Wildman–Crippen LogP) is 6.82. The van der Waals surface area contributed by atoms with Gasteiger partial charge in [-0.1, -0.05) is 53.5 Å². The minimum absolute atomic E-state index is 0.0236. The predicted molar refractivity (Wildman–Crippen MR) is 104 cm³/mol. The van der Waals surface area contributed by atoms with Gasteiger partial charge in [0.1, 0.15) is 5.78 Å². The van der Waals surface area contributed by atoms with E-state index in [2.05, 4.69) is 47.3 Å². The quantitative estimate of drug-likeness (QED) is 0.468. The van der Waals surface area contributed by atoms with E-state index < -0.39 is 0 Å². The molecule has 0 spiro atoms. The van der Waals surface area contributed by atoms with E-state index in [1.54, 1.807) is 0 Å². The van der Waals surface area contributed by atoms with Gasteiger partial charge in [-0.2, -0.15) is 0 Å². The molecule has 0 N–H and O–H groups in total. The topological polar surface area (TPSA) is 17.1 Å². The summed E-state index contributed by atoms with van der Waals surface area (Å²) in [6.07, 6.45) is 12.6. The molecule has 2 rings (SSSR count). The highest BCUT2D eigenvalue weighted by Crippen LogP contribution is 2.57. The summed E-state index contributed by atoms with van der Waals surface area (Å²) in [5.41, 5.74) is 0.360. The molecule has 0 aliphatic heterocycles. The summed E-state index contributed by atoms with van der Waals surface area (Å²) in [5.74, 6) is 3.43. The van der Waals surface area contributed by atoms with E-state index in [4.69, 9.17) is 0 Å². The Labute approximate surface area is 150 Å². The van der Waals surface area contributed by atoms with Crippen LogP contribution in [0.4, 0.5) is 0 Å². The van der Waals surface area contributed by atoms with Gasteiger partial charge in [0.15, 0.2) is 0 Å². The number of rotatable bonds is 7. The molecule has 0 aromatic carbocycles. The highest BCUT2D eigenvalue weighted by atomic mass is 16.1. The number of hydrogen-bond donors (Lipinski definition) is 0. The molecule has 0 heterocycles. The van der Waals surface area contributed by atoms with Crippen LogP contribution in [0, 0.1) is 34.5 Å². The van der Waals surface area contributed by atoms with Crippen molar-refractivity contribution in [3.05, 3.63) is 12.7 Å². The third kappa shape index (κ3) is 3.37. The Morgan fingerprint density at radius 2 is 2.08 bits per heavy atom. The maximum atomic E-state index is 12.6. The number of carbonyl (C=O) groups excluding carboxylic acids is 1. The summed E-state index contributed by atoms with van der Waals surface area (Å²) in [6, 6.07) is 0. The van der Waals surface area contributed by atoms with Crippen LogP contribution < -0.4 is 0 Å². The van der Waals surface area contributed by atoms with Crippen LogP contribution in [0.1, 0.15) is 92.4 Å². The number of fused-ring (bicyclic) bond motifs is 1. The fourth-order valence-corrected chi connectivity index (χ4v) is 6.08. The Kier molecular flexibility index (Phi) is 6.37. The summed E-state index contributed by atoms with van der Waals surface area (Å²) in [6.45, 7) is 15.9. The van der Waals surface area contributed by atoms with Crippen LogP contribution in [0.15, 0.2) is 12.7 Å². The van der Waals surface area contributed by atoms with Crippen molar-refractivity contribution in [2.75, 3.05) is 0 Å². The van der Waals surface area contributed by atoms with Crippen LogP contribution in [-0.4, -0.2) is 5.78 Å². The molecule has 0 saturated heterocycles. The molecular weight excluding hydrogens is 292 g/mol. The van der Waals surface area contributed by atoms with E-state index in [0.717, 1.165) is 43.4 Å². The summed E-state index contributed by atoms with van der Waals surface area (Å²) in [5, 5.41) is 0. The molecule has 1 heteroatoms. The van der Waals surface area contributed by atoms with Gasteiger partial charge >= 0.3 is 0 Å². The Balaban J connectivity index is 2.29. The largest absolute Gasteiger partial charge is 0.299 e. The van der Waals surface area contributed by atoms with Crippen molar-refractivity contribution >= 4 is 5.78 Å². The van der Waals surface area contributed by atoms with Gasteiger partial charge < -0.3 is 0 Å². The average molecular weight is 333 g/mol. The first-order chi connectivity index (χ1) is 11.3. The van der Waals surface area contributed by atoms with Crippen molar-refractivity contribution in [1.82, 2.24) is 0 Å². The lowest BCUT2D eigenvalue weighted by Crippen LogP contribution is -2.35. The molecule has 0 aromatic rings. The molecule has 0 radical (unpaired) electrons. The van der Waals surface area contributed by atoms with Crippen LogP contribution in [0.2, 0.25) is 0 Å². The standard InChI is InChI=1S/C23H40O/c1-7-10-14-22(5,17(4)8-2)19-13-15-23(6)20(11-12-21(23)24)18(9-3)16-19/h7,17-20H,1,8-16H2,2-6H3. The van der Waals surface area contributed by atoms with E-state index >= 15 is 0 Å². The minimum Gasteiger partial charge on any atom is -0.299 e. The van der Waals surface area contributed by atoms with E-state index in [1.807, 2.05) is 0 Å². The van der Waals surface area contributed by atoms with Crippen molar-refractivity contribution in [3.63, 3.8) is 0 Å². The normalized spacial score (nSPS) is 37.4. The van der Waals surface area contributed by atoms with Crippen LogP contribution in [-0.2, 0) is 4.79 Å². The van der Waals surface area contributed by atoms with Crippen LogP contribution in [0.5, 0.6) is 0 Å². The molecule has 6 atom stereocenters. The fourth-order valence-electron chi connectivity index (χ4n) is 6.08. The lowest BCUT2D eigenvalue weighted by Gasteiger charge is -2.44. The number of ketones is 1. The average Bonchev–Trinajstić information content (AvgIpc) is 2.78. The first-order valence-corrected chi connectivity index (χ1v) is 10.5. The number of Topliss-reactive ketones (excluding diaryl/α,β-unsaturated/α-hetero) is 1. The van der Waals surface area contributed by atoms with Crippen molar-refractivity contribution in [1.29, 1.82) is 0 Å². The van der Waals surface area contributed by atoms with E-state index in [9.17, 15) is 4.79 Å². The third-order valence-electron chi connectivity index (χ3n) is 8.39. The molecule has 1 nitrogen and oxygen atoms in total. The second-order valence-electron chi connectivity index (χ2n) is 9.27. The Bertz CT molecular complexity index is 453. The maximum absolute atomic E-state index is 12.6. The van der Waals surface area contributed by atoms with Crippen LogP contribution in [0.3, 0.4) is 0 Å². The number of allylic oxidation sites excluding steroid dienone is 1. The first-order valence-electron chi connectivity index (χ1n) is 10.5. The number of hydrogen-bond acceptors (Lipinski definition) is 1. The van der Waals surface area contributed by atoms with Crippen molar-refractivity contribution in [3.8, 4) is 0 Å². The SMILES string of the molecule is C=CCCC(C)(C(C)CC)C1CCC2(C)C(=O)CCC2C(CC)C1. The van der Waals surface area contributed by atoms with Gasteiger partial charge in [0.05, 0.1) is 0 Å². The highest BCUT2D eigenvalue weighted by molar-refractivity contribution is 5.87. The molecule has 0 amide bonds. The lowest BCUT2D eigenvalue weighted by molar-refractivity contribution is -0.127. The highest BCUT2D eigenvalue weighted by Gasteiger charge is 2.52. The van der Waals surface area contributed by atoms with Gasteiger partial charge in [0, 0.05) is 11.8 Å². The smallest absolute Gasteiger partial charge is 0.139 e. The molecule has 2 aliphatic rings. The van der Waals surface area contributed by atoms with Crippen LogP contribution in [0.25, 0.3) is 0 Å². The monoisotopic (exact) mass is 332 g/mol. The van der Waals surface area contributed by atoms with Crippen LogP contribution >= 0.6 is 0 Å². The summed E-state index contributed by atoms with van der Waals surface area (Å²) >= 11 is 0. The molecule has 2 saturated carbocycles. The summed E-state index contributed by atoms with van der Waals surface area (Å²) in [4.78, 5) is 12.6. The second-order valence-corrected chi connectivity index (χ2v) is 9.27. The zero-order valence-corrected chi connectivity index (χ0v) is 16.9. The lowest BCUT2D eigenvalue weighted by atomic mass is 9.61. The van der Waals surface area contributed by atoms with E-state index in [1.165, 1.54) is 32.1 Å². The van der Waals surface area contributed by atoms with Gasteiger partial charge in [-0.25, -0.2) is 0 Å². The Morgan fingerprint density at radius 3 is 2.67 bits per heavy atom. The van der Waals surface area contributed by atoms with Gasteiger partial charge in [-0.05, 0) is 67.6 Å². The molecule has 2 aliphatic carbocycles. The van der Waals surface area contributed by atoms with Crippen molar-refractivity contribution < 1.29 is 4.79 Å². The summed E-state index contributed by atoms with van der Waals surface area (Å²) in [7, 11) is 0. The van der Waals surface area contributed by atoms with E-state index in [0.29, 0.717) is 17.1 Å². The van der Waals surface area contributed by atoms with Gasteiger partial charge in [-0.15, -0.1) is 6.58 Å². The molecular formula is C23H40O. The van der Waals surface area contributed by atoms with E-state index in [-0.39, 0.29) is 5.41 Å². The molecule has 2 fully saturated rings. The molecule has 6 unspecified atom stereocenters. The van der Waals surface area contributed by atoms with Gasteiger partial charge in [0.25, 0.3) is 0 Å². The maximum Gasteiger partial charge on any atom is 0.139 e. The van der Waals surface area contributed by atoms with Gasteiger partial charge in [0.2, 0.25) is 0 Å². The molecule has 24 heavy (non-hydrogen) atoms. The van der Waals surface area contributed by atoms with Crippen molar-refractivity contribution in [2.45, 2.75) is 92.4 Å². The third-order valence-corrected chi connectivity index (χ3v) is 8.39. The van der Waals surface area contributed by atoms with Gasteiger partial charge in [-0.3, -0.25) is 4.79 Å². The van der Waals surface area contributed by atoms with Crippen molar-refractivity contribution in [2.24, 2.45) is 34.5 Å². The first kappa shape index (κ1) is 19.7. The zero-order valence-electron chi connectivity index (χ0n) is 16.9. The molecule has 0 aromatic heterocycles. The Hall–Kier alpha value is -0.590. The Morgan fingerprint density at radius 1 is 1.38 bits per heavy atom. The molecule has 0 bridgehead atoms.